The van der Waals surface area contributed by atoms with E-state index in [4.69, 9.17) is 5.73 Å². The fourth-order valence-corrected chi connectivity index (χ4v) is 2.11. The molecule has 0 saturated heterocycles. The Morgan fingerprint density at radius 3 is 2.38 bits per heavy atom. The fraction of sp³-hybridized carbons (Fsp3) is 0.429. The van der Waals surface area contributed by atoms with Gasteiger partial charge in [-0.25, -0.2) is 0 Å². The normalized spacial score (nSPS) is 17.6. The molecule has 1 aliphatic rings. The van der Waals surface area contributed by atoms with Crippen LogP contribution < -0.4 is 5.73 Å². The van der Waals surface area contributed by atoms with Gasteiger partial charge in [0.05, 0.1) is 0 Å². The van der Waals surface area contributed by atoms with Crippen LogP contribution in [0.3, 0.4) is 0 Å². The summed E-state index contributed by atoms with van der Waals surface area (Å²) in [5.74, 6) is 0. The molecule has 1 aromatic carbocycles. The molecule has 0 aromatic heterocycles. The van der Waals surface area contributed by atoms with Crippen molar-refractivity contribution in [2.75, 3.05) is 18.8 Å². The summed E-state index contributed by atoms with van der Waals surface area (Å²) >= 11 is 0. The number of nitrogens with two attached hydrogens (primary N) is 1. The molecule has 1 aliphatic heterocycles. The minimum absolute atomic E-state index is 0.643. The Kier molecular flexibility index (Phi) is 3.30. The minimum Gasteiger partial charge on any atom is -0.399 e. The van der Waals surface area contributed by atoms with Crippen molar-refractivity contribution < 1.29 is 0 Å². The highest BCUT2D eigenvalue weighted by Crippen LogP contribution is 2.23. The van der Waals surface area contributed by atoms with E-state index in [0.717, 1.165) is 25.2 Å². The SMILES string of the molecule is CC(C)N1CC=C(c2ccc(N)cc2)CC1. The van der Waals surface area contributed by atoms with E-state index >= 15 is 0 Å². The summed E-state index contributed by atoms with van der Waals surface area (Å²) in [7, 11) is 0. The Bertz CT molecular complexity index is 376. The molecule has 16 heavy (non-hydrogen) atoms. The minimum atomic E-state index is 0.643. The second-order valence-electron chi connectivity index (χ2n) is 4.69. The molecule has 86 valence electrons. The molecule has 2 N–H and O–H groups in total. The van der Waals surface area contributed by atoms with Crippen molar-refractivity contribution in [2.45, 2.75) is 26.3 Å². The van der Waals surface area contributed by atoms with Gasteiger partial charge in [0.25, 0.3) is 0 Å². The predicted octanol–water partition coefficient (Wildman–Crippen LogP) is 2.77. The van der Waals surface area contributed by atoms with Gasteiger partial charge < -0.3 is 5.73 Å². The summed E-state index contributed by atoms with van der Waals surface area (Å²) in [6.07, 6.45) is 3.48. The lowest BCUT2D eigenvalue weighted by atomic mass is 9.99. The molecule has 2 heteroatoms. The van der Waals surface area contributed by atoms with E-state index < -0.39 is 0 Å². The summed E-state index contributed by atoms with van der Waals surface area (Å²) in [5, 5.41) is 0. The first-order chi connectivity index (χ1) is 7.66. The molecule has 1 heterocycles. The first-order valence-electron chi connectivity index (χ1n) is 5.96. The molecular weight excluding hydrogens is 196 g/mol. The molecule has 0 unspecified atom stereocenters. The van der Waals surface area contributed by atoms with Crippen LogP contribution in [-0.4, -0.2) is 24.0 Å². The van der Waals surface area contributed by atoms with Crippen LogP contribution in [0.25, 0.3) is 5.57 Å². The smallest absolute Gasteiger partial charge is 0.0314 e. The van der Waals surface area contributed by atoms with E-state index in [0.29, 0.717) is 6.04 Å². The number of hydrogen-bond donors (Lipinski definition) is 1. The number of nitrogens with zero attached hydrogens (tertiary/aromatic N) is 1. The highest BCUT2D eigenvalue weighted by molar-refractivity contribution is 5.67. The molecular formula is C14H20N2. The Labute approximate surface area is 97.8 Å². The van der Waals surface area contributed by atoms with Crippen molar-refractivity contribution in [1.82, 2.24) is 4.90 Å². The number of benzene rings is 1. The summed E-state index contributed by atoms with van der Waals surface area (Å²) < 4.78 is 0. The average Bonchev–Trinajstić information content (AvgIpc) is 2.30. The zero-order valence-corrected chi connectivity index (χ0v) is 10.1. The lowest BCUT2D eigenvalue weighted by Gasteiger charge is -2.29. The van der Waals surface area contributed by atoms with Gasteiger partial charge in [-0.15, -0.1) is 0 Å². The van der Waals surface area contributed by atoms with Gasteiger partial charge in [-0.3, -0.25) is 4.90 Å². The molecule has 0 aliphatic carbocycles. The van der Waals surface area contributed by atoms with Crippen LogP contribution in [0.1, 0.15) is 25.8 Å². The van der Waals surface area contributed by atoms with Crippen LogP contribution in [0.15, 0.2) is 30.3 Å². The Balaban J connectivity index is 2.10. The number of hydrogen-bond acceptors (Lipinski definition) is 2. The number of nitrogen functional groups attached to an aromatic ring is 1. The Hall–Kier alpha value is -1.28. The van der Waals surface area contributed by atoms with Gasteiger partial charge in [0, 0.05) is 24.8 Å². The molecule has 0 fully saturated rings. The second kappa shape index (κ2) is 4.71. The van der Waals surface area contributed by atoms with Crippen molar-refractivity contribution in [2.24, 2.45) is 0 Å². The van der Waals surface area contributed by atoms with Crippen molar-refractivity contribution >= 4 is 11.3 Å². The number of rotatable bonds is 2. The third-order valence-corrected chi connectivity index (χ3v) is 3.25. The third-order valence-electron chi connectivity index (χ3n) is 3.25. The standard InChI is InChI=1S/C14H20N2/c1-11(2)16-9-7-13(8-10-16)12-3-5-14(15)6-4-12/h3-7,11H,8-10,15H2,1-2H3. The van der Waals surface area contributed by atoms with Crippen LogP contribution in [0.2, 0.25) is 0 Å². The maximum absolute atomic E-state index is 5.69. The van der Waals surface area contributed by atoms with Gasteiger partial charge in [0.15, 0.2) is 0 Å². The first-order valence-corrected chi connectivity index (χ1v) is 5.96. The van der Waals surface area contributed by atoms with Gasteiger partial charge >= 0.3 is 0 Å². The van der Waals surface area contributed by atoms with Crippen LogP contribution in [-0.2, 0) is 0 Å². The Morgan fingerprint density at radius 1 is 1.19 bits per heavy atom. The van der Waals surface area contributed by atoms with Crippen molar-refractivity contribution in [1.29, 1.82) is 0 Å². The van der Waals surface area contributed by atoms with E-state index in [-0.39, 0.29) is 0 Å². The van der Waals surface area contributed by atoms with Crippen molar-refractivity contribution in [3.8, 4) is 0 Å². The van der Waals surface area contributed by atoms with E-state index in [1.165, 1.54) is 11.1 Å². The molecule has 0 amide bonds. The van der Waals surface area contributed by atoms with Crippen LogP contribution in [0.4, 0.5) is 5.69 Å². The quantitative estimate of drug-likeness (QED) is 0.770. The number of anilines is 1. The highest BCUT2D eigenvalue weighted by atomic mass is 15.1. The summed E-state index contributed by atoms with van der Waals surface area (Å²) in [6.45, 7) is 6.73. The molecule has 2 nitrogen and oxygen atoms in total. The van der Waals surface area contributed by atoms with Crippen molar-refractivity contribution in [3.05, 3.63) is 35.9 Å². The molecule has 0 bridgehead atoms. The zero-order chi connectivity index (χ0) is 11.5. The molecule has 2 rings (SSSR count). The lowest BCUT2D eigenvalue weighted by molar-refractivity contribution is 0.245. The second-order valence-corrected chi connectivity index (χ2v) is 4.69. The topological polar surface area (TPSA) is 29.3 Å². The maximum Gasteiger partial charge on any atom is 0.0314 e. The Morgan fingerprint density at radius 2 is 1.88 bits per heavy atom. The molecule has 0 saturated carbocycles. The van der Waals surface area contributed by atoms with Crippen LogP contribution >= 0.6 is 0 Å². The third kappa shape index (κ3) is 2.45. The average molecular weight is 216 g/mol. The summed E-state index contributed by atoms with van der Waals surface area (Å²) in [4.78, 5) is 2.49. The maximum atomic E-state index is 5.69. The molecule has 1 aromatic rings. The summed E-state index contributed by atoms with van der Waals surface area (Å²) in [5.41, 5.74) is 9.30. The van der Waals surface area contributed by atoms with Crippen LogP contribution in [0.5, 0.6) is 0 Å². The van der Waals surface area contributed by atoms with E-state index in [2.05, 4.69) is 37.0 Å². The predicted molar refractivity (Wildman–Crippen MR) is 70.2 cm³/mol. The van der Waals surface area contributed by atoms with E-state index in [1.807, 2.05) is 12.1 Å². The van der Waals surface area contributed by atoms with E-state index in [9.17, 15) is 0 Å². The fourth-order valence-electron chi connectivity index (χ4n) is 2.11. The molecule has 0 radical (unpaired) electrons. The van der Waals surface area contributed by atoms with E-state index in [1.54, 1.807) is 0 Å². The van der Waals surface area contributed by atoms with Gasteiger partial charge in [0.2, 0.25) is 0 Å². The molecule has 0 spiro atoms. The van der Waals surface area contributed by atoms with Gasteiger partial charge in [-0.1, -0.05) is 18.2 Å². The van der Waals surface area contributed by atoms with Crippen molar-refractivity contribution in [3.63, 3.8) is 0 Å². The highest BCUT2D eigenvalue weighted by Gasteiger charge is 2.14. The largest absolute Gasteiger partial charge is 0.399 e. The molecule has 0 atom stereocenters. The van der Waals surface area contributed by atoms with Crippen LogP contribution in [0, 0.1) is 0 Å². The zero-order valence-electron chi connectivity index (χ0n) is 10.1. The summed E-state index contributed by atoms with van der Waals surface area (Å²) in [6, 6.07) is 8.83. The first kappa shape index (κ1) is 11.2. The monoisotopic (exact) mass is 216 g/mol. The van der Waals surface area contributed by atoms with Gasteiger partial charge in [-0.2, -0.15) is 0 Å². The lowest BCUT2D eigenvalue weighted by Crippen LogP contribution is -2.34. The van der Waals surface area contributed by atoms with Gasteiger partial charge in [0.1, 0.15) is 0 Å². The van der Waals surface area contributed by atoms with Gasteiger partial charge in [-0.05, 0) is 43.5 Å².